The molecule has 10 rings (SSSR count). The molecule has 0 saturated heterocycles. The molecule has 10 aromatic rings. The zero-order valence-corrected chi connectivity index (χ0v) is 28.9. The zero-order valence-electron chi connectivity index (χ0n) is 28.9. The van der Waals surface area contributed by atoms with Gasteiger partial charge in [0.15, 0.2) is 5.82 Å². The first-order chi connectivity index (χ1) is 26.3. The molecule has 0 spiro atoms. The van der Waals surface area contributed by atoms with E-state index in [-0.39, 0.29) is 0 Å². The Labute approximate surface area is 308 Å². The summed E-state index contributed by atoms with van der Waals surface area (Å²) in [5.41, 5.74) is 13.3. The van der Waals surface area contributed by atoms with Gasteiger partial charge in [-0.1, -0.05) is 170 Å². The van der Waals surface area contributed by atoms with Crippen molar-refractivity contribution in [2.75, 3.05) is 0 Å². The molecule has 0 atom stereocenters. The molecule has 0 amide bonds. The summed E-state index contributed by atoms with van der Waals surface area (Å²) in [6.07, 6.45) is 0. The van der Waals surface area contributed by atoms with Gasteiger partial charge in [0.2, 0.25) is 0 Å². The van der Waals surface area contributed by atoms with E-state index in [9.17, 15) is 0 Å². The number of hydrogen-bond donors (Lipinski definition) is 0. The summed E-state index contributed by atoms with van der Waals surface area (Å²) >= 11 is 0. The number of hydrogen-bond acceptors (Lipinski definition) is 2. The first-order valence-electron chi connectivity index (χ1n) is 18.0. The Kier molecular flexibility index (Phi) is 7.47. The number of aromatic nitrogens is 3. The van der Waals surface area contributed by atoms with Crippen molar-refractivity contribution in [1.29, 1.82) is 0 Å². The van der Waals surface area contributed by atoms with Crippen LogP contribution in [-0.2, 0) is 0 Å². The molecule has 0 unspecified atom stereocenters. The predicted molar refractivity (Wildman–Crippen MR) is 221 cm³/mol. The van der Waals surface area contributed by atoms with Gasteiger partial charge in [-0.15, -0.1) is 0 Å². The third-order valence-electron chi connectivity index (χ3n) is 10.2. The van der Waals surface area contributed by atoms with E-state index in [1.54, 1.807) is 0 Å². The van der Waals surface area contributed by atoms with Gasteiger partial charge in [0.25, 0.3) is 0 Å². The van der Waals surface area contributed by atoms with Crippen LogP contribution in [0.4, 0.5) is 0 Å². The van der Waals surface area contributed by atoms with E-state index < -0.39 is 0 Å². The van der Waals surface area contributed by atoms with E-state index in [2.05, 4.69) is 180 Å². The Morgan fingerprint density at radius 3 is 1.57 bits per heavy atom. The molecule has 0 fully saturated rings. The summed E-state index contributed by atoms with van der Waals surface area (Å²) in [5, 5.41) is 4.86. The van der Waals surface area contributed by atoms with E-state index in [4.69, 9.17) is 9.97 Å². The highest BCUT2D eigenvalue weighted by molar-refractivity contribution is 6.16. The van der Waals surface area contributed by atoms with Crippen molar-refractivity contribution in [3.8, 4) is 61.8 Å². The van der Waals surface area contributed by atoms with Gasteiger partial charge in [-0.2, -0.15) is 0 Å². The highest BCUT2D eigenvalue weighted by Gasteiger charge is 2.17. The second-order valence-corrected chi connectivity index (χ2v) is 13.4. The predicted octanol–water partition coefficient (Wildman–Crippen LogP) is 13.1. The molecular formula is C50H33N3. The molecule has 248 valence electrons. The summed E-state index contributed by atoms with van der Waals surface area (Å²) < 4.78 is 2.37. The van der Waals surface area contributed by atoms with Gasteiger partial charge in [-0.25, -0.2) is 9.97 Å². The van der Waals surface area contributed by atoms with Crippen LogP contribution < -0.4 is 0 Å². The maximum Gasteiger partial charge on any atom is 0.160 e. The van der Waals surface area contributed by atoms with Crippen LogP contribution in [0.3, 0.4) is 0 Å². The Hall–Kier alpha value is -7.10. The lowest BCUT2D eigenvalue weighted by atomic mass is 9.92. The molecule has 3 heteroatoms. The van der Waals surface area contributed by atoms with Gasteiger partial charge in [0.05, 0.1) is 22.4 Å². The maximum atomic E-state index is 5.15. The third kappa shape index (κ3) is 5.38. The third-order valence-corrected chi connectivity index (χ3v) is 10.2. The summed E-state index contributed by atoms with van der Waals surface area (Å²) in [6.45, 7) is 0. The Morgan fingerprint density at radius 1 is 0.321 bits per heavy atom. The van der Waals surface area contributed by atoms with E-state index >= 15 is 0 Å². The molecule has 0 radical (unpaired) electrons. The lowest BCUT2D eigenvalue weighted by Crippen LogP contribution is -1.96. The minimum Gasteiger partial charge on any atom is -0.309 e. The van der Waals surface area contributed by atoms with Crippen molar-refractivity contribution in [3.63, 3.8) is 0 Å². The van der Waals surface area contributed by atoms with Crippen LogP contribution in [0.5, 0.6) is 0 Å². The molecule has 8 aromatic carbocycles. The van der Waals surface area contributed by atoms with Gasteiger partial charge in [0, 0.05) is 33.2 Å². The largest absolute Gasteiger partial charge is 0.309 e. The van der Waals surface area contributed by atoms with Gasteiger partial charge < -0.3 is 4.57 Å². The lowest BCUT2D eigenvalue weighted by Gasteiger charge is -2.14. The number of rotatable bonds is 6. The van der Waals surface area contributed by atoms with Crippen molar-refractivity contribution in [1.82, 2.24) is 14.5 Å². The fourth-order valence-electron chi connectivity index (χ4n) is 7.78. The van der Waals surface area contributed by atoms with Crippen molar-refractivity contribution in [3.05, 3.63) is 200 Å². The molecule has 0 aliphatic rings. The van der Waals surface area contributed by atoms with Crippen LogP contribution >= 0.6 is 0 Å². The highest BCUT2D eigenvalue weighted by atomic mass is 15.0. The summed E-state index contributed by atoms with van der Waals surface area (Å²) in [6, 6.07) is 70.9. The van der Waals surface area contributed by atoms with Gasteiger partial charge in [0.1, 0.15) is 0 Å². The topological polar surface area (TPSA) is 30.7 Å². The standard InChI is InChI=1S/C50H33N3/c1-4-15-36(16-5-1)45-33-46(52-50(51-45)37-17-6-2-7-18-37)43-32-31-39(41-21-10-11-22-42(41)43)34-27-29-35(30-28-34)40-24-14-26-48-49(40)44-23-12-13-25-47(44)53(48)38-19-8-3-9-20-38/h1-33H. The van der Waals surface area contributed by atoms with Gasteiger partial charge in [-0.3, -0.25) is 0 Å². The van der Waals surface area contributed by atoms with Crippen LogP contribution in [0.25, 0.3) is 94.4 Å². The fourth-order valence-corrected chi connectivity index (χ4v) is 7.78. The van der Waals surface area contributed by atoms with Crippen molar-refractivity contribution in [2.24, 2.45) is 0 Å². The number of benzene rings is 8. The molecule has 2 heterocycles. The molecule has 0 bridgehead atoms. The summed E-state index contributed by atoms with van der Waals surface area (Å²) in [4.78, 5) is 10.2. The molecule has 0 saturated carbocycles. The second kappa shape index (κ2) is 12.9. The summed E-state index contributed by atoms with van der Waals surface area (Å²) in [5.74, 6) is 0.715. The van der Waals surface area contributed by atoms with Crippen LogP contribution in [0.1, 0.15) is 0 Å². The van der Waals surface area contributed by atoms with Crippen LogP contribution in [0.15, 0.2) is 200 Å². The normalized spacial score (nSPS) is 11.4. The number of para-hydroxylation sites is 2. The number of fused-ring (bicyclic) bond motifs is 4. The fraction of sp³-hybridized carbons (Fsp3) is 0. The SMILES string of the molecule is c1ccc(-c2cc(-c3ccc(-c4ccc(-c5cccc6c5c5ccccc5n6-c5ccccc5)cc4)c4ccccc34)nc(-c3ccccc3)n2)cc1. The van der Waals surface area contributed by atoms with Gasteiger partial charge >= 0.3 is 0 Å². The van der Waals surface area contributed by atoms with Crippen molar-refractivity contribution >= 4 is 32.6 Å². The average molecular weight is 676 g/mol. The smallest absolute Gasteiger partial charge is 0.160 e. The molecule has 3 nitrogen and oxygen atoms in total. The summed E-state index contributed by atoms with van der Waals surface area (Å²) in [7, 11) is 0. The van der Waals surface area contributed by atoms with E-state index in [1.165, 1.54) is 49.4 Å². The molecule has 0 N–H and O–H groups in total. The lowest BCUT2D eigenvalue weighted by molar-refractivity contribution is 1.18. The average Bonchev–Trinajstić information content (AvgIpc) is 3.59. The Balaban J connectivity index is 1.08. The minimum absolute atomic E-state index is 0.715. The molecule has 0 aliphatic heterocycles. The van der Waals surface area contributed by atoms with E-state index in [0.717, 1.165) is 39.2 Å². The first-order valence-corrected chi connectivity index (χ1v) is 18.0. The monoisotopic (exact) mass is 675 g/mol. The van der Waals surface area contributed by atoms with Crippen LogP contribution in [0.2, 0.25) is 0 Å². The van der Waals surface area contributed by atoms with Gasteiger partial charge in [-0.05, 0) is 63.4 Å². The quantitative estimate of drug-likeness (QED) is 0.176. The Bertz CT molecular complexity index is 2850. The van der Waals surface area contributed by atoms with E-state index in [0.29, 0.717) is 5.82 Å². The highest BCUT2D eigenvalue weighted by Crippen LogP contribution is 2.41. The minimum atomic E-state index is 0.715. The van der Waals surface area contributed by atoms with Crippen LogP contribution in [0, 0.1) is 0 Å². The van der Waals surface area contributed by atoms with Crippen molar-refractivity contribution in [2.45, 2.75) is 0 Å². The molecular weight excluding hydrogens is 643 g/mol. The molecule has 53 heavy (non-hydrogen) atoms. The second-order valence-electron chi connectivity index (χ2n) is 13.4. The molecule has 0 aliphatic carbocycles. The first kappa shape index (κ1) is 30.7. The Morgan fingerprint density at radius 2 is 0.849 bits per heavy atom. The zero-order chi connectivity index (χ0) is 35.1. The molecule has 2 aromatic heterocycles. The van der Waals surface area contributed by atoms with Crippen LogP contribution in [-0.4, -0.2) is 14.5 Å². The number of nitrogens with zero attached hydrogens (tertiary/aromatic N) is 3. The van der Waals surface area contributed by atoms with E-state index in [1.807, 2.05) is 24.3 Å². The maximum absolute atomic E-state index is 5.15. The van der Waals surface area contributed by atoms with Crippen molar-refractivity contribution < 1.29 is 0 Å².